The Morgan fingerprint density at radius 2 is 1.64 bits per heavy atom. The van der Waals surface area contributed by atoms with E-state index in [9.17, 15) is 20.1 Å². The van der Waals surface area contributed by atoms with Crippen LogP contribution >= 0.6 is 0 Å². The molecular weight excluding hydrogens is 356 g/mol. The molecule has 3 atom stereocenters. The van der Waals surface area contributed by atoms with Crippen LogP contribution < -0.4 is 0 Å². The molecule has 0 aromatic heterocycles. The molecule has 5 heteroatoms. The fourth-order valence-corrected chi connectivity index (χ4v) is 2.07. The lowest BCUT2D eigenvalue weighted by atomic mass is 10.1. The van der Waals surface area contributed by atoms with Crippen LogP contribution in [0.15, 0.2) is 48.6 Å². The number of hydrogen-bond acceptors (Lipinski definition) is 5. The van der Waals surface area contributed by atoms with Crippen molar-refractivity contribution in [2.75, 3.05) is 7.11 Å². The van der Waals surface area contributed by atoms with Crippen LogP contribution in [0.4, 0.5) is 0 Å². The molecule has 5 nitrogen and oxygen atoms in total. The third-order valence-corrected chi connectivity index (χ3v) is 3.84. The molecule has 0 rings (SSSR count). The number of hydrogen-bond donors (Lipinski definition) is 3. The highest BCUT2D eigenvalue weighted by Gasteiger charge is 2.11. The van der Waals surface area contributed by atoms with Crippen LogP contribution in [-0.4, -0.2) is 46.7 Å². The predicted octanol–water partition coefficient (Wildman–Crippen LogP) is 3.22. The van der Waals surface area contributed by atoms with Crippen LogP contribution in [-0.2, 0) is 9.53 Å². The topological polar surface area (TPSA) is 87.0 Å². The second-order valence-electron chi connectivity index (χ2n) is 6.23. The standard InChI is InChI=1S/C23H34O5/c1-3-21(25)22(26)18-14-11-13-17-20(24)16-12-9-7-5-4-6-8-10-15-19-23(27)28-2/h4-5,8-10,12-13,17,20-22,24-26H,3,6-7,15-16,18-19H2,1-2H3/b5-4-,10-8-,12-9-,17-13+/t20-,21+,22+/m1/s1. The average molecular weight is 391 g/mol. The van der Waals surface area contributed by atoms with Crippen molar-refractivity contribution in [2.24, 2.45) is 0 Å². The van der Waals surface area contributed by atoms with Crippen molar-refractivity contribution in [1.29, 1.82) is 0 Å². The molecule has 0 amide bonds. The highest BCUT2D eigenvalue weighted by atomic mass is 16.5. The summed E-state index contributed by atoms with van der Waals surface area (Å²) in [5.74, 6) is 5.31. The Morgan fingerprint density at radius 1 is 1.00 bits per heavy atom. The number of ether oxygens (including phenoxy) is 1. The highest BCUT2D eigenvalue weighted by Crippen LogP contribution is 2.02. The fourth-order valence-electron chi connectivity index (χ4n) is 2.07. The summed E-state index contributed by atoms with van der Waals surface area (Å²) in [6.45, 7) is 1.80. The second-order valence-corrected chi connectivity index (χ2v) is 6.23. The van der Waals surface area contributed by atoms with E-state index >= 15 is 0 Å². The zero-order chi connectivity index (χ0) is 21.0. The number of aliphatic hydroxyl groups excluding tert-OH is 3. The molecule has 0 aromatic carbocycles. The Bertz CT molecular complexity index is 578. The van der Waals surface area contributed by atoms with Gasteiger partial charge in [-0.3, -0.25) is 4.79 Å². The zero-order valence-corrected chi connectivity index (χ0v) is 17.0. The molecule has 0 aliphatic carbocycles. The summed E-state index contributed by atoms with van der Waals surface area (Å²) in [6, 6.07) is 0. The lowest BCUT2D eigenvalue weighted by Crippen LogP contribution is -2.24. The Kier molecular flexibility index (Phi) is 16.9. The molecule has 0 radical (unpaired) electrons. The minimum atomic E-state index is -0.831. The molecule has 156 valence electrons. The first-order valence-corrected chi connectivity index (χ1v) is 9.72. The van der Waals surface area contributed by atoms with Crippen molar-refractivity contribution >= 4 is 5.97 Å². The van der Waals surface area contributed by atoms with E-state index in [1.165, 1.54) is 7.11 Å². The van der Waals surface area contributed by atoms with E-state index in [0.717, 1.165) is 12.8 Å². The second kappa shape index (κ2) is 18.2. The van der Waals surface area contributed by atoms with Crippen molar-refractivity contribution in [3.8, 4) is 11.8 Å². The number of rotatable bonds is 13. The lowest BCUT2D eigenvalue weighted by molar-refractivity contribution is -0.140. The van der Waals surface area contributed by atoms with E-state index in [2.05, 4.69) is 22.7 Å². The number of aliphatic hydroxyl groups is 3. The molecule has 0 bridgehead atoms. The molecule has 0 fully saturated rings. The molecule has 0 aromatic rings. The number of methoxy groups -OCH3 is 1. The molecule has 0 unspecified atom stereocenters. The largest absolute Gasteiger partial charge is 0.469 e. The Balaban J connectivity index is 3.84. The van der Waals surface area contributed by atoms with E-state index in [4.69, 9.17) is 0 Å². The molecule has 0 spiro atoms. The van der Waals surface area contributed by atoms with Gasteiger partial charge in [-0.1, -0.05) is 55.2 Å². The quantitative estimate of drug-likeness (QED) is 0.255. The first-order chi connectivity index (χ1) is 13.5. The van der Waals surface area contributed by atoms with Gasteiger partial charge in [-0.15, -0.1) is 0 Å². The van der Waals surface area contributed by atoms with Crippen molar-refractivity contribution in [3.63, 3.8) is 0 Å². The van der Waals surface area contributed by atoms with Gasteiger partial charge >= 0.3 is 5.97 Å². The number of allylic oxidation sites excluding steroid dienone is 6. The van der Waals surface area contributed by atoms with Gasteiger partial charge in [0.15, 0.2) is 0 Å². The first-order valence-electron chi connectivity index (χ1n) is 9.72. The maximum absolute atomic E-state index is 10.9. The number of esters is 1. The van der Waals surface area contributed by atoms with Crippen molar-refractivity contribution in [3.05, 3.63) is 48.6 Å². The smallest absolute Gasteiger partial charge is 0.305 e. The van der Waals surface area contributed by atoms with Crippen molar-refractivity contribution < 1.29 is 24.9 Å². The predicted molar refractivity (Wildman–Crippen MR) is 112 cm³/mol. The van der Waals surface area contributed by atoms with Crippen LogP contribution in [0, 0.1) is 11.8 Å². The Morgan fingerprint density at radius 3 is 2.29 bits per heavy atom. The average Bonchev–Trinajstić information content (AvgIpc) is 2.70. The van der Waals surface area contributed by atoms with Gasteiger partial charge in [0.25, 0.3) is 0 Å². The van der Waals surface area contributed by atoms with Crippen LogP contribution in [0.1, 0.15) is 51.9 Å². The van der Waals surface area contributed by atoms with E-state index in [0.29, 0.717) is 25.7 Å². The summed E-state index contributed by atoms with van der Waals surface area (Å²) in [7, 11) is 1.39. The van der Waals surface area contributed by atoms with Gasteiger partial charge in [-0.2, -0.15) is 0 Å². The minimum Gasteiger partial charge on any atom is -0.469 e. The third kappa shape index (κ3) is 16.1. The maximum atomic E-state index is 10.9. The summed E-state index contributed by atoms with van der Waals surface area (Å²) in [4.78, 5) is 10.9. The summed E-state index contributed by atoms with van der Waals surface area (Å²) >= 11 is 0. The van der Waals surface area contributed by atoms with Gasteiger partial charge in [-0.25, -0.2) is 0 Å². The van der Waals surface area contributed by atoms with E-state index in [1.807, 2.05) is 30.4 Å². The highest BCUT2D eigenvalue weighted by molar-refractivity contribution is 5.69. The summed E-state index contributed by atoms with van der Waals surface area (Å²) < 4.78 is 4.56. The molecule has 3 N–H and O–H groups in total. The fraction of sp³-hybridized carbons (Fsp3) is 0.522. The van der Waals surface area contributed by atoms with Gasteiger partial charge in [0.05, 0.1) is 25.4 Å². The van der Waals surface area contributed by atoms with Crippen LogP contribution in [0.3, 0.4) is 0 Å². The summed E-state index contributed by atoms with van der Waals surface area (Å²) in [5.41, 5.74) is 0. The first kappa shape index (κ1) is 25.9. The molecule has 0 saturated heterocycles. The van der Waals surface area contributed by atoms with E-state index in [1.54, 1.807) is 19.1 Å². The molecule has 0 aliphatic heterocycles. The van der Waals surface area contributed by atoms with Gasteiger partial charge in [0.1, 0.15) is 0 Å². The molecule has 0 saturated carbocycles. The SMILES string of the molecule is CC[C@H](O)[C@@H](O)CC#C/C=C/[C@H](O)C/C=C\C/C=C\C/C=C\CCC(=O)OC. The summed E-state index contributed by atoms with van der Waals surface area (Å²) in [5, 5.41) is 28.8. The number of carbonyl (C=O) groups is 1. The van der Waals surface area contributed by atoms with Gasteiger partial charge in [0.2, 0.25) is 0 Å². The third-order valence-electron chi connectivity index (χ3n) is 3.84. The molecule has 0 heterocycles. The molecule has 28 heavy (non-hydrogen) atoms. The molecular formula is C23H34O5. The molecule has 0 aliphatic rings. The monoisotopic (exact) mass is 390 g/mol. The van der Waals surface area contributed by atoms with Gasteiger partial charge < -0.3 is 20.1 Å². The van der Waals surface area contributed by atoms with E-state index < -0.39 is 18.3 Å². The van der Waals surface area contributed by atoms with Gasteiger partial charge in [-0.05, 0) is 44.3 Å². The Labute approximate surface area is 169 Å². The lowest BCUT2D eigenvalue weighted by Gasteiger charge is -2.12. The minimum absolute atomic E-state index is 0.194. The maximum Gasteiger partial charge on any atom is 0.305 e. The summed E-state index contributed by atoms with van der Waals surface area (Å²) in [6.07, 6.45) is 16.9. The van der Waals surface area contributed by atoms with Crippen molar-refractivity contribution in [2.45, 2.75) is 70.2 Å². The van der Waals surface area contributed by atoms with Crippen LogP contribution in [0.25, 0.3) is 0 Å². The zero-order valence-electron chi connectivity index (χ0n) is 17.0. The Hall–Kier alpha value is -2.13. The number of carbonyl (C=O) groups excluding carboxylic acids is 1. The van der Waals surface area contributed by atoms with Crippen LogP contribution in [0.2, 0.25) is 0 Å². The van der Waals surface area contributed by atoms with E-state index in [-0.39, 0.29) is 12.4 Å². The van der Waals surface area contributed by atoms with Crippen LogP contribution in [0.5, 0.6) is 0 Å². The van der Waals surface area contributed by atoms with Crippen molar-refractivity contribution in [1.82, 2.24) is 0 Å². The van der Waals surface area contributed by atoms with Gasteiger partial charge in [0, 0.05) is 12.8 Å². The normalized spacial score (nSPS) is 15.2.